The molecule has 1 aromatic heterocycles. The van der Waals surface area contributed by atoms with Gasteiger partial charge in [-0.15, -0.1) is 6.42 Å². The number of ether oxygens (including phenoxy) is 1. The molecule has 1 amide bonds. The number of hydrogen-bond donors (Lipinski definition) is 2. The standard InChI is InChI=1S/C24H21N3O3S/c1-3-12-30-18-10-8-17(9-11-18)19-13-20(28)25-22-21(19)23(29)27-24(26-22)31-14-16-6-4-15(2)5-7-16/h1,4-11,19H,12-14H2,2H3,(H2,25,26,27,28,29). The van der Waals surface area contributed by atoms with E-state index in [4.69, 9.17) is 11.2 Å². The SMILES string of the molecule is C#CCOc1ccc(C2CC(=O)Nc3nc(SCc4ccc(C)cc4)[nH]c(=O)c32)cc1. The van der Waals surface area contributed by atoms with Gasteiger partial charge in [0.1, 0.15) is 18.2 Å². The molecule has 0 spiro atoms. The number of carbonyl (C=O) groups is 1. The van der Waals surface area contributed by atoms with Crippen molar-refractivity contribution in [3.8, 4) is 18.1 Å². The van der Waals surface area contributed by atoms with Crippen molar-refractivity contribution >= 4 is 23.5 Å². The molecule has 1 aliphatic heterocycles. The van der Waals surface area contributed by atoms with Crippen molar-refractivity contribution < 1.29 is 9.53 Å². The first kappa shape index (κ1) is 20.8. The zero-order valence-electron chi connectivity index (χ0n) is 17.0. The van der Waals surface area contributed by atoms with Crippen molar-refractivity contribution in [3.63, 3.8) is 0 Å². The van der Waals surface area contributed by atoms with Crippen LogP contribution < -0.4 is 15.6 Å². The van der Waals surface area contributed by atoms with Gasteiger partial charge in [-0.05, 0) is 30.2 Å². The number of aromatic amines is 1. The number of H-pyrrole nitrogens is 1. The predicted molar refractivity (Wildman–Crippen MR) is 121 cm³/mol. The van der Waals surface area contributed by atoms with Crippen molar-refractivity contribution in [3.05, 3.63) is 81.1 Å². The molecule has 0 aliphatic carbocycles. The highest BCUT2D eigenvalue weighted by atomic mass is 32.2. The van der Waals surface area contributed by atoms with E-state index in [1.807, 2.05) is 43.3 Å². The van der Waals surface area contributed by atoms with E-state index >= 15 is 0 Å². The molecular weight excluding hydrogens is 410 g/mol. The molecule has 2 N–H and O–H groups in total. The van der Waals surface area contributed by atoms with Crippen LogP contribution in [0.5, 0.6) is 5.75 Å². The predicted octanol–water partition coefficient (Wildman–Crippen LogP) is 3.86. The monoisotopic (exact) mass is 431 g/mol. The van der Waals surface area contributed by atoms with Crippen LogP contribution in [0.1, 0.15) is 34.6 Å². The minimum absolute atomic E-state index is 0.169. The van der Waals surface area contributed by atoms with Gasteiger partial charge in [0.05, 0.1) is 5.56 Å². The van der Waals surface area contributed by atoms with Crippen LogP contribution in [0.3, 0.4) is 0 Å². The fraction of sp³-hybridized carbons (Fsp3) is 0.208. The van der Waals surface area contributed by atoms with Gasteiger partial charge in [0, 0.05) is 18.1 Å². The molecule has 31 heavy (non-hydrogen) atoms. The smallest absolute Gasteiger partial charge is 0.257 e. The topological polar surface area (TPSA) is 84.1 Å². The minimum atomic E-state index is -0.377. The Morgan fingerprint density at radius 3 is 2.61 bits per heavy atom. The summed E-state index contributed by atoms with van der Waals surface area (Å²) in [5, 5.41) is 3.23. The first-order chi connectivity index (χ1) is 15.0. The van der Waals surface area contributed by atoms with E-state index in [1.165, 1.54) is 17.3 Å². The molecule has 6 nitrogen and oxygen atoms in total. The number of nitrogens with zero attached hydrogens (tertiary/aromatic N) is 1. The summed E-state index contributed by atoms with van der Waals surface area (Å²) in [5.74, 6) is 3.50. The lowest BCUT2D eigenvalue weighted by Gasteiger charge is -2.24. The summed E-state index contributed by atoms with van der Waals surface area (Å²) in [6.07, 6.45) is 5.39. The molecule has 1 atom stereocenters. The Balaban J connectivity index is 1.58. The average Bonchev–Trinajstić information content (AvgIpc) is 2.77. The third kappa shape index (κ3) is 4.81. The molecular formula is C24H21N3O3S. The maximum Gasteiger partial charge on any atom is 0.257 e. The maximum atomic E-state index is 12.9. The fourth-order valence-corrected chi connectivity index (χ4v) is 4.28. The third-order valence-corrected chi connectivity index (χ3v) is 5.97. The Hall–Kier alpha value is -3.50. The number of rotatable bonds is 6. The summed E-state index contributed by atoms with van der Waals surface area (Å²) >= 11 is 1.42. The summed E-state index contributed by atoms with van der Waals surface area (Å²) in [7, 11) is 0. The van der Waals surface area contributed by atoms with Gasteiger partial charge in [0.2, 0.25) is 5.91 Å². The van der Waals surface area contributed by atoms with E-state index in [1.54, 1.807) is 12.1 Å². The lowest BCUT2D eigenvalue weighted by atomic mass is 9.87. The molecule has 1 aliphatic rings. The summed E-state index contributed by atoms with van der Waals surface area (Å²) in [4.78, 5) is 32.7. The van der Waals surface area contributed by atoms with Gasteiger partial charge in [-0.25, -0.2) is 4.98 Å². The van der Waals surface area contributed by atoms with E-state index in [-0.39, 0.29) is 30.4 Å². The highest BCUT2D eigenvalue weighted by Crippen LogP contribution is 2.35. The van der Waals surface area contributed by atoms with Gasteiger partial charge >= 0.3 is 0 Å². The Morgan fingerprint density at radius 2 is 1.90 bits per heavy atom. The van der Waals surface area contributed by atoms with Crippen LogP contribution in [0.4, 0.5) is 5.82 Å². The largest absolute Gasteiger partial charge is 0.481 e. The second-order valence-electron chi connectivity index (χ2n) is 7.27. The molecule has 2 heterocycles. The van der Waals surface area contributed by atoms with Gasteiger partial charge in [-0.1, -0.05) is 59.6 Å². The lowest BCUT2D eigenvalue weighted by Crippen LogP contribution is -2.31. The van der Waals surface area contributed by atoms with Crippen molar-refractivity contribution in [2.24, 2.45) is 0 Å². The van der Waals surface area contributed by atoms with Crippen LogP contribution in [0.15, 0.2) is 58.5 Å². The fourth-order valence-electron chi connectivity index (χ4n) is 3.46. The highest BCUT2D eigenvalue weighted by molar-refractivity contribution is 7.98. The van der Waals surface area contributed by atoms with Crippen molar-refractivity contribution in [2.75, 3.05) is 11.9 Å². The molecule has 0 saturated heterocycles. The number of benzene rings is 2. The molecule has 2 aromatic carbocycles. The Labute approximate surface area is 184 Å². The number of carbonyl (C=O) groups excluding carboxylic acids is 1. The molecule has 156 valence electrons. The quantitative estimate of drug-likeness (QED) is 0.352. The number of anilines is 1. The van der Waals surface area contributed by atoms with Gasteiger partial charge in [-0.2, -0.15) is 0 Å². The second kappa shape index (κ2) is 9.11. The molecule has 7 heteroatoms. The van der Waals surface area contributed by atoms with Crippen LogP contribution in [0.25, 0.3) is 0 Å². The normalized spacial score (nSPS) is 15.0. The van der Waals surface area contributed by atoms with Crippen LogP contribution in [-0.4, -0.2) is 22.5 Å². The van der Waals surface area contributed by atoms with E-state index < -0.39 is 0 Å². The number of aromatic nitrogens is 2. The van der Waals surface area contributed by atoms with E-state index in [2.05, 4.69) is 21.2 Å². The first-order valence-corrected chi connectivity index (χ1v) is 10.8. The first-order valence-electron chi connectivity index (χ1n) is 9.82. The van der Waals surface area contributed by atoms with Crippen LogP contribution in [-0.2, 0) is 10.5 Å². The van der Waals surface area contributed by atoms with Crippen LogP contribution in [0, 0.1) is 19.3 Å². The summed E-state index contributed by atoms with van der Waals surface area (Å²) in [5.41, 5.74) is 3.39. The lowest BCUT2D eigenvalue weighted by molar-refractivity contribution is -0.116. The molecule has 4 rings (SSSR count). The Morgan fingerprint density at radius 1 is 1.16 bits per heavy atom. The second-order valence-corrected chi connectivity index (χ2v) is 8.24. The molecule has 0 bridgehead atoms. The number of fused-ring (bicyclic) bond motifs is 1. The summed E-state index contributed by atoms with van der Waals surface area (Å²) < 4.78 is 5.40. The number of amides is 1. The van der Waals surface area contributed by atoms with E-state index in [0.29, 0.717) is 28.0 Å². The molecule has 0 saturated carbocycles. The van der Waals surface area contributed by atoms with Gasteiger partial charge in [0.15, 0.2) is 5.16 Å². The zero-order valence-corrected chi connectivity index (χ0v) is 17.8. The Kier molecular flexibility index (Phi) is 6.10. The summed E-state index contributed by atoms with van der Waals surface area (Å²) in [6.45, 7) is 2.22. The van der Waals surface area contributed by atoms with E-state index in [0.717, 1.165) is 11.1 Å². The van der Waals surface area contributed by atoms with Crippen LogP contribution in [0.2, 0.25) is 0 Å². The van der Waals surface area contributed by atoms with Crippen molar-refractivity contribution in [1.82, 2.24) is 9.97 Å². The molecule has 0 radical (unpaired) electrons. The van der Waals surface area contributed by atoms with Crippen molar-refractivity contribution in [2.45, 2.75) is 30.2 Å². The van der Waals surface area contributed by atoms with Gasteiger partial charge in [0.25, 0.3) is 5.56 Å². The average molecular weight is 432 g/mol. The maximum absolute atomic E-state index is 12.9. The molecule has 3 aromatic rings. The van der Waals surface area contributed by atoms with Gasteiger partial charge < -0.3 is 15.0 Å². The molecule has 1 unspecified atom stereocenters. The number of thioether (sulfide) groups is 1. The highest BCUT2D eigenvalue weighted by Gasteiger charge is 2.31. The summed E-state index contributed by atoms with van der Waals surface area (Å²) in [6, 6.07) is 15.5. The van der Waals surface area contributed by atoms with Gasteiger partial charge in [-0.3, -0.25) is 9.59 Å². The number of terminal acetylenes is 1. The van der Waals surface area contributed by atoms with Crippen LogP contribution >= 0.6 is 11.8 Å². The zero-order chi connectivity index (χ0) is 21.8. The van der Waals surface area contributed by atoms with E-state index in [9.17, 15) is 9.59 Å². The molecule has 0 fully saturated rings. The minimum Gasteiger partial charge on any atom is -0.481 e. The number of nitrogens with one attached hydrogen (secondary N) is 2. The number of aryl methyl sites for hydroxylation is 1. The van der Waals surface area contributed by atoms with Crippen molar-refractivity contribution in [1.29, 1.82) is 0 Å². The Bertz CT molecular complexity index is 1190. The number of hydrogen-bond acceptors (Lipinski definition) is 5. The third-order valence-electron chi connectivity index (χ3n) is 5.03.